The minimum Gasteiger partial charge on any atom is -0.324 e. The van der Waals surface area contributed by atoms with Crippen molar-refractivity contribution in [3.8, 4) is 0 Å². The van der Waals surface area contributed by atoms with E-state index in [1.807, 2.05) is 6.07 Å². The number of rotatable bonds is 2. The Hall–Kier alpha value is -1.02. The van der Waals surface area contributed by atoms with E-state index in [9.17, 15) is 0 Å². The highest BCUT2D eigenvalue weighted by Gasteiger charge is 2.04. The predicted molar refractivity (Wildman–Crippen MR) is 53.1 cm³/mol. The fourth-order valence-corrected chi connectivity index (χ4v) is 1.29. The van der Waals surface area contributed by atoms with Crippen LogP contribution >= 0.6 is 0 Å². The average Bonchev–Trinajstić information content (AvgIpc) is 2.04. The van der Waals surface area contributed by atoms with E-state index in [0.717, 1.165) is 5.69 Å². The van der Waals surface area contributed by atoms with E-state index in [4.69, 9.17) is 5.84 Å². The van der Waals surface area contributed by atoms with Crippen LogP contribution in [0, 0.1) is 6.92 Å². The van der Waals surface area contributed by atoms with Crippen LogP contribution in [0.3, 0.4) is 0 Å². The van der Waals surface area contributed by atoms with Crippen LogP contribution in [0.1, 0.15) is 30.9 Å². The van der Waals surface area contributed by atoms with Crippen LogP contribution in [0.15, 0.2) is 18.2 Å². The van der Waals surface area contributed by atoms with Crippen molar-refractivity contribution >= 4 is 5.69 Å². The van der Waals surface area contributed by atoms with Crippen molar-refractivity contribution in [3.05, 3.63) is 29.3 Å². The summed E-state index contributed by atoms with van der Waals surface area (Å²) >= 11 is 0. The molecule has 0 aromatic heterocycles. The number of hydrogen-bond donors (Lipinski definition) is 2. The van der Waals surface area contributed by atoms with Gasteiger partial charge < -0.3 is 5.43 Å². The van der Waals surface area contributed by atoms with E-state index in [0.29, 0.717) is 5.92 Å². The number of aryl methyl sites for hydroxylation is 1. The molecule has 12 heavy (non-hydrogen) atoms. The minimum atomic E-state index is 0.510. The van der Waals surface area contributed by atoms with Gasteiger partial charge in [0.15, 0.2) is 0 Å². The largest absolute Gasteiger partial charge is 0.324 e. The monoisotopic (exact) mass is 164 g/mol. The summed E-state index contributed by atoms with van der Waals surface area (Å²) in [5, 5.41) is 0. The van der Waals surface area contributed by atoms with Crippen LogP contribution in [-0.4, -0.2) is 0 Å². The van der Waals surface area contributed by atoms with E-state index >= 15 is 0 Å². The van der Waals surface area contributed by atoms with Gasteiger partial charge in [-0.3, -0.25) is 5.84 Å². The van der Waals surface area contributed by atoms with Crippen LogP contribution in [0.4, 0.5) is 5.69 Å². The lowest BCUT2D eigenvalue weighted by molar-refractivity contribution is 0.865. The molecule has 0 saturated heterocycles. The molecule has 0 bridgehead atoms. The summed E-state index contributed by atoms with van der Waals surface area (Å²) in [6, 6.07) is 6.24. The van der Waals surface area contributed by atoms with Crippen molar-refractivity contribution in [2.45, 2.75) is 26.7 Å². The number of nitrogen functional groups attached to an aromatic ring is 1. The second-order valence-electron chi connectivity index (χ2n) is 3.39. The van der Waals surface area contributed by atoms with E-state index in [-0.39, 0.29) is 0 Å². The number of hydrazine groups is 1. The fraction of sp³-hybridized carbons (Fsp3) is 0.400. The van der Waals surface area contributed by atoms with Gasteiger partial charge in [0.25, 0.3) is 0 Å². The number of benzene rings is 1. The van der Waals surface area contributed by atoms with Gasteiger partial charge in [-0.25, -0.2) is 0 Å². The van der Waals surface area contributed by atoms with Gasteiger partial charge in [0, 0.05) is 0 Å². The van der Waals surface area contributed by atoms with Crippen molar-refractivity contribution in [1.29, 1.82) is 0 Å². The van der Waals surface area contributed by atoms with Gasteiger partial charge in [0.05, 0.1) is 5.69 Å². The average molecular weight is 164 g/mol. The van der Waals surface area contributed by atoms with Crippen LogP contribution in [-0.2, 0) is 0 Å². The van der Waals surface area contributed by atoms with Crippen molar-refractivity contribution < 1.29 is 0 Å². The first kappa shape index (κ1) is 9.07. The highest BCUT2D eigenvalue weighted by atomic mass is 15.2. The van der Waals surface area contributed by atoms with E-state index in [1.165, 1.54) is 11.1 Å². The number of hydrogen-bond acceptors (Lipinski definition) is 2. The van der Waals surface area contributed by atoms with Crippen LogP contribution in [0.5, 0.6) is 0 Å². The highest BCUT2D eigenvalue weighted by Crippen LogP contribution is 2.24. The summed E-state index contributed by atoms with van der Waals surface area (Å²) in [4.78, 5) is 0. The van der Waals surface area contributed by atoms with Gasteiger partial charge >= 0.3 is 0 Å². The summed E-state index contributed by atoms with van der Waals surface area (Å²) in [7, 11) is 0. The van der Waals surface area contributed by atoms with Crippen molar-refractivity contribution in [2.24, 2.45) is 5.84 Å². The molecule has 1 aromatic carbocycles. The number of anilines is 1. The number of nitrogens with one attached hydrogen (secondary N) is 1. The molecule has 0 radical (unpaired) electrons. The molecule has 0 unspecified atom stereocenters. The molecular formula is C10H16N2. The Morgan fingerprint density at radius 1 is 1.33 bits per heavy atom. The maximum Gasteiger partial charge on any atom is 0.0519 e. The van der Waals surface area contributed by atoms with Gasteiger partial charge in [0.1, 0.15) is 0 Å². The Morgan fingerprint density at radius 3 is 2.50 bits per heavy atom. The zero-order valence-electron chi connectivity index (χ0n) is 7.89. The summed E-state index contributed by atoms with van der Waals surface area (Å²) < 4.78 is 0. The maximum absolute atomic E-state index is 5.39. The molecule has 0 aliphatic heterocycles. The Labute approximate surface area is 73.8 Å². The molecule has 2 heteroatoms. The number of nitrogens with two attached hydrogens (primary N) is 1. The van der Waals surface area contributed by atoms with Crippen molar-refractivity contribution in [3.63, 3.8) is 0 Å². The molecule has 0 atom stereocenters. The molecule has 1 aromatic rings. The molecule has 0 saturated carbocycles. The van der Waals surface area contributed by atoms with Crippen molar-refractivity contribution in [2.75, 3.05) is 5.43 Å². The zero-order chi connectivity index (χ0) is 9.14. The fourth-order valence-electron chi connectivity index (χ4n) is 1.29. The van der Waals surface area contributed by atoms with Crippen molar-refractivity contribution in [1.82, 2.24) is 0 Å². The van der Waals surface area contributed by atoms with Gasteiger partial charge in [-0.2, -0.15) is 0 Å². The minimum absolute atomic E-state index is 0.510. The van der Waals surface area contributed by atoms with Crippen LogP contribution < -0.4 is 11.3 Å². The molecule has 0 aliphatic carbocycles. The van der Waals surface area contributed by atoms with E-state index in [2.05, 4.69) is 38.3 Å². The molecule has 0 heterocycles. The summed E-state index contributed by atoms with van der Waals surface area (Å²) in [6.07, 6.45) is 0. The van der Waals surface area contributed by atoms with Gasteiger partial charge in [0.2, 0.25) is 0 Å². The molecule has 66 valence electrons. The molecule has 2 nitrogen and oxygen atoms in total. The topological polar surface area (TPSA) is 38.0 Å². The quantitative estimate of drug-likeness (QED) is 0.520. The third-order valence-electron chi connectivity index (χ3n) is 1.98. The van der Waals surface area contributed by atoms with E-state index in [1.54, 1.807) is 0 Å². The first-order valence-corrected chi connectivity index (χ1v) is 4.22. The molecular weight excluding hydrogens is 148 g/mol. The molecule has 1 rings (SSSR count). The lowest BCUT2D eigenvalue weighted by atomic mass is 9.99. The molecule has 0 spiro atoms. The Kier molecular flexibility index (Phi) is 2.71. The second kappa shape index (κ2) is 3.59. The first-order chi connectivity index (χ1) is 5.65. The SMILES string of the molecule is Cc1ccc(NN)c(C(C)C)c1. The standard InChI is InChI=1S/C10H16N2/c1-7(2)9-6-8(3)4-5-10(9)12-11/h4-7,12H,11H2,1-3H3. The Morgan fingerprint density at radius 2 is 2.00 bits per heavy atom. The summed E-state index contributed by atoms with van der Waals surface area (Å²) in [5.74, 6) is 5.90. The zero-order valence-corrected chi connectivity index (χ0v) is 7.89. The lowest BCUT2D eigenvalue weighted by Gasteiger charge is -2.12. The highest BCUT2D eigenvalue weighted by molar-refractivity contribution is 5.53. The third-order valence-corrected chi connectivity index (χ3v) is 1.98. The first-order valence-electron chi connectivity index (χ1n) is 4.22. The molecule has 0 aliphatic rings. The lowest BCUT2D eigenvalue weighted by Crippen LogP contribution is -2.09. The molecule has 0 amide bonds. The summed E-state index contributed by atoms with van der Waals surface area (Å²) in [6.45, 7) is 6.41. The normalized spacial score (nSPS) is 10.4. The summed E-state index contributed by atoms with van der Waals surface area (Å²) in [5.41, 5.74) is 6.28. The smallest absolute Gasteiger partial charge is 0.0519 e. The third kappa shape index (κ3) is 1.77. The van der Waals surface area contributed by atoms with Gasteiger partial charge in [-0.15, -0.1) is 0 Å². The van der Waals surface area contributed by atoms with Gasteiger partial charge in [-0.1, -0.05) is 31.5 Å². The Balaban J connectivity index is 3.12. The second-order valence-corrected chi connectivity index (χ2v) is 3.39. The molecule has 3 N–H and O–H groups in total. The predicted octanol–water partition coefficient (Wildman–Crippen LogP) is 2.40. The van der Waals surface area contributed by atoms with Crippen LogP contribution in [0.2, 0.25) is 0 Å². The van der Waals surface area contributed by atoms with Gasteiger partial charge in [-0.05, 0) is 24.5 Å². The van der Waals surface area contributed by atoms with E-state index < -0.39 is 0 Å². The molecule has 0 fully saturated rings. The van der Waals surface area contributed by atoms with Crippen LogP contribution in [0.25, 0.3) is 0 Å². The Bertz CT molecular complexity index is 267. The maximum atomic E-state index is 5.39.